The number of ketones is 3. The van der Waals surface area contributed by atoms with Gasteiger partial charge in [-0.2, -0.15) is 0 Å². The molecular formula is C27H28FeNO11. The molecule has 1 heterocycles. The average molecular weight is 598 g/mol. The summed E-state index contributed by atoms with van der Waals surface area (Å²) in [5.41, 5.74) is -3.60. The van der Waals surface area contributed by atoms with Gasteiger partial charge in [0.15, 0.2) is 0 Å². The molecule has 4 unspecified atom stereocenters. The molecule has 0 amide bonds. The number of hydrogen-bond donors (Lipinski definition) is 6. The third-order valence-electron chi connectivity index (χ3n) is 7.89. The minimum atomic E-state index is -2.24. The summed E-state index contributed by atoms with van der Waals surface area (Å²) in [7, 11) is 1.33. The number of hydrogen-bond acceptors (Lipinski definition) is 12. The molecule has 0 bridgehead atoms. The number of aliphatic hydroxyl groups excluding tert-OH is 2. The van der Waals surface area contributed by atoms with E-state index in [9.17, 15) is 39.9 Å². The predicted molar refractivity (Wildman–Crippen MR) is 131 cm³/mol. The molecule has 13 heteroatoms. The van der Waals surface area contributed by atoms with Gasteiger partial charge in [0, 0.05) is 0 Å². The van der Waals surface area contributed by atoms with Crippen LogP contribution >= 0.6 is 0 Å². The van der Waals surface area contributed by atoms with Crippen LogP contribution in [0.15, 0.2) is 18.2 Å². The maximum absolute atomic E-state index is 13.7. The quantitative estimate of drug-likeness (QED) is 0.166. The van der Waals surface area contributed by atoms with Gasteiger partial charge in [-0.3, -0.25) is 0 Å². The number of ether oxygens (including phenoxy) is 3. The zero-order valence-electron chi connectivity index (χ0n) is 21.5. The first kappa shape index (κ1) is 28.7. The fourth-order valence-electron chi connectivity index (χ4n) is 5.82. The molecule has 215 valence electrons. The third-order valence-corrected chi connectivity index (χ3v) is 8.30. The Morgan fingerprint density at radius 1 is 1.18 bits per heavy atom. The number of aromatic hydroxyl groups is 2. The van der Waals surface area contributed by atoms with Crippen LogP contribution in [0.2, 0.25) is 0 Å². The van der Waals surface area contributed by atoms with E-state index in [-0.39, 0.29) is 34.4 Å². The number of fused-ring (bicyclic) bond motifs is 3. The number of methoxy groups -OCH3 is 1. The van der Waals surface area contributed by atoms with Crippen molar-refractivity contribution in [3.8, 4) is 17.2 Å². The first-order valence-corrected chi connectivity index (χ1v) is 13.1. The molecule has 1 fully saturated rings. The summed E-state index contributed by atoms with van der Waals surface area (Å²) in [5.74, 6) is -3.75. The number of rotatable bonds is 6. The fraction of sp³-hybridized carbons (Fsp3) is 0.444. The van der Waals surface area contributed by atoms with Crippen molar-refractivity contribution >= 4 is 17.3 Å². The number of benzene rings is 2. The number of phenols is 2. The molecular weight excluding hydrogens is 570 g/mol. The third kappa shape index (κ3) is 4.34. The van der Waals surface area contributed by atoms with Gasteiger partial charge in [-0.25, -0.2) is 0 Å². The first-order valence-electron chi connectivity index (χ1n) is 12.5. The number of aliphatic hydroxyl groups is 3. The van der Waals surface area contributed by atoms with Crippen LogP contribution in [-0.2, 0) is 36.9 Å². The zero-order chi connectivity index (χ0) is 29.1. The molecule has 12 nitrogen and oxygen atoms in total. The van der Waals surface area contributed by atoms with Gasteiger partial charge in [0.1, 0.15) is 0 Å². The summed E-state index contributed by atoms with van der Waals surface area (Å²) < 4.78 is 19.9. The molecule has 5 rings (SSSR count). The normalized spacial score (nSPS) is 29.4. The van der Waals surface area contributed by atoms with Crippen LogP contribution in [0.3, 0.4) is 0 Å². The van der Waals surface area contributed by atoms with Gasteiger partial charge in [0.25, 0.3) is 0 Å². The number of nitrogens with one attached hydrogen (secondary N) is 1. The van der Waals surface area contributed by atoms with E-state index in [4.69, 9.17) is 14.2 Å². The Hall–Kier alpha value is -2.87. The standard InChI is InChI=1S/C27H28NO11.Fe/c1-10-22(31)13(28)6-17(38-10)39-15-8-27(36,16(30)9-29)7-12-19(15)26(35)21-20(24(12)33)23(32)11-4-3-5-14(37-2)18(11)25(21)34;/h3-5,10,13,15,17,22,28-29,31,33,35-36H,6-9H2,1-2H3;/q-1;+1/t10?,13?,15-,17?,22?,27-;/m0./s1. The van der Waals surface area contributed by atoms with Gasteiger partial charge in [0.05, 0.1) is 7.11 Å². The molecule has 1 saturated heterocycles. The molecule has 40 heavy (non-hydrogen) atoms. The maximum atomic E-state index is 13.7. The molecule has 2 aliphatic carbocycles. The topological polar surface area (TPSA) is 192 Å². The second-order valence-electron chi connectivity index (χ2n) is 10.2. The Bertz CT molecular complexity index is 1410. The summed E-state index contributed by atoms with van der Waals surface area (Å²) in [6.07, 6.45) is -4.91. The monoisotopic (exact) mass is 598 g/mol. The SMILES string of the molecule is COc1cccc2c1C(=O)c1c(O)c3c(c(O)c1C2=O)C[C@@](O)(C(=O)CO)C[C@@H]3OC1CC([NH][Fe])C(O)C(C)O1. The number of Topliss-reactive ketones (excluding diaryl/α,β-unsaturated/α-hetero) is 1. The van der Waals surface area contributed by atoms with E-state index < -0.39 is 95.7 Å². The fourth-order valence-corrected chi connectivity index (χ4v) is 6.14. The van der Waals surface area contributed by atoms with E-state index in [1.54, 1.807) is 6.92 Å². The molecule has 2 aromatic carbocycles. The average Bonchev–Trinajstić information content (AvgIpc) is 2.94. The molecule has 0 radical (unpaired) electrons. The van der Waals surface area contributed by atoms with Gasteiger partial charge in [0.2, 0.25) is 0 Å². The van der Waals surface area contributed by atoms with E-state index in [0.717, 1.165) is 0 Å². The van der Waals surface area contributed by atoms with Crippen molar-refractivity contribution < 1.29 is 70.4 Å². The molecule has 2 aromatic rings. The molecule has 1 aliphatic heterocycles. The van der Waals surface area contributed by atoms with Crippen LogP contribution in [0.5, 0.6) is 17.2 Å². The van der Waals surface area contributed by atoms with Crippen LogP contribution in [0.25, 0.3) is 0 Å². The summed E-state index contributed by atoms with van der Waals surface area (Å²) >= 11 is 3.60. The Kier molecular flexibility index (Phi) is 7.53. The number of phenolic OH excluding ortho intramolecular Hbond substituents is 2. The van der Waals surface area contributed by atoms with Gasteiger partial charge >= 0.3 is 207 Å². The van der Waals surface area contributed by atoms with Gasteiger partial charge in [-0.15, -0.1) is 0 Å². The molecule has 3 aliphatic rings. The molecule has 0 aromatic heterocycles. The van der Waals surface area contributed by atoms with E-state index >= 15 is 0 Å². The number of carbonyl (C=O) groups excluding carboxylic acids is 3. The summed E-state index contributed by atoms with van der Waals surface area (Å²) in [6.45, 7) is 0.594. The summed E-state index contributed by atoms with van der Waals surface area (Å²) in [5, 5.41) is 54.1. The van der Waals surface area contributed by atoms with E-state index in [0.29, 0.717) is 0 Å². The number of carbonyl (C=O) groups is 3. The first-order chi connectivity index (χ1) is 19.0. The zero-order valence-corrected chi connectivity index (χ0v) is 22.6. The van der Waals surface area contributed by atoms with Crippen LogP contribution < -0.4 is 9.07 Å². The molecule has 0 spiro atoms. The van der Waals surface area contributed by atoms with E-state index in [1.165, 1.54) is 25.3 Å². The second kappa shape index (κ2) is 10.5. The second-order valence-corrected chi connectivity index (χ2v) is 10.5. The van der Waals surface area contributed by atoms with Gasteiger partial charge in [-0.1, -0.05) is 12.1 Å². The Labute approximate surface area is 236 Å². The molecule has 6 N–H and O–H groups in total. The summed E-state index contributed by atoms with van der Waals surface area (Å²) in [6, 6.07) is 3.84. The Balaban J connectivity index is 1.68. The van der Waals surface area contributed by atoms with E-state index in [1.807, 2.05) is 0 Å². The molecule has 6 atom stereocenters. The van der Waals surface area contributed by atoms with Crippen LogP contribution in [-0.4, -0.2) is 86.7 Å². The van der Waals surface area contributed by atoms with E-state index in [2.05, 4.69) is 20.6 Å². The Morgan fingerprint density at radius 3 is 2.52 bits per heavy atom. The van der Waals surface area contributed by atoms with Crippen molar-refractivity contribution in [2.24, 2.45) is 0 Å². The van der Waals surface area contributed by atoms with Crippen molar-refractivity contribution in [1.82, 2.24) is 4.33 Å². The van der Waals surface area contributed by atoms with Crippen LogP contribution in [0.4, 0.5) is 0 Å². The van der Waals surface area contributed by atoms with Crippen molar-refractivity contribution in [3.05, 3.63) is 51.6 Å². The van der Waals surface area contributed by atoms with Gasteiger partial charge in [-0.05, 0) is 6.07 Å². The minimum absolute atomic E-state index is 0.0494. The summed E-state index contributed by atoms with van der Waals surface area (Å²) in [4.78, 5) is 39.9. The van der Waals surface area contributed by atoms with Crippen molar-refractivity contribution in [2.75, 3.05) is 13.7 Å². The van der Waals surface area contributed by atoms with Crippen LogP contribution in [0, 0.1) is 0 Å². The van der Waals surface area contributed by atoms with Gasteiger partial charge < -0.3 is 4.74 Å². The molecule has 0 saturated carbocycles. The van der Waals surface area contributed by atoms with Crippen molar-refractivity contribution in [1.29, 1.82) is 0 Å². The van der Waals surface area contributed by atoms with Crippen molar-refractivity contribution in [2.45, 2.75) is 62.4 Å². The Morgan fingerprint density at radius 2 is 1.88 bits per heavy atom. The predicted octanol–water partition coefficient (Wildman–Crippen LogP) is 0.0940. The van der Waals surface area contributed by atoms with Crippen molar-refractivity contribution in [3.63, 3.8) is 0 Å². The van der Waals surface area contributed by atoms with Crippen LogP contribution in [0.1, 0.15) is 68.8 Å².